The van der Waals surface area contributed by atoms with Gasteiger partial charge in [-0.25, -0.2) is 0 Å². The van der Waals surface area contributed by atoms with Crippen LogP contribution in [-0.4, -0.2) is 17.0 Å². The van der Waals surface area contributed by atoms with E-state index in [1.807, 2.05) is 6.92 Å². The SMILES string of the molecule is COC(Br)C(C)Br. The largest absolute Gasteiger partial charge is 0.369 e. The Kier molecular flexibility index (Phi) is 4.37. The van der Waals surface area contributed by atoms with Gasteiger partial charge < -0.3 is 4.74 Å². The van der Waals surface area contributed by atoms with Crippen molar-refractivity contribution < 1.29 is 4.74 Å². The van der Waals surface area contributed by atoms with Gasteiger partial charge in [0.15, 0.2) is 0 Å². The topological polar surface area (TPSA) is 9.23 Å². The molecule has 0 heterocycles. The van der Waals surface area contributed by atoms with Crippen LogP contribution in [0.15, 0.2) is 0 Å². The summed E-state index contributed by atoms with van der Waals surface area (Å²) in [7, 11) is 1.66. The van der Waals surface area contributed by atoms with Crippen molar-refractivity contribution in [3.63, 3.8) is 0 Å². The summed E-state index contributed by atoms with van der Waals surface area (Å²) in [5, 5.41) is 0.132. The van der Waals surface area contributed by atoms with Gasteiger partial charge in [0.25, 0.3) is 0 Å². The average molecular weight is 232 g/mol. The van der Waals surface area contributed by atoms with Gasteiger partial charge in [-0.05, 0) is 6.92 Å². The lowest BCUT2D eigenvalue weighted by Crippen LogP contribution is -2.10. The third-order valence-corrected chi connectivity index (χ3v) is 2.94. The monoisotopic (exact) mass is 230 g/mol. The van der Waals surface area contributed by atoms with E-state index in [0.29, 0.717) is 4.83 Å². The summed E-state index contributed by atoms with van der Waals surface area (Å²) in [5.74, 6) is 0. The first kappa shape index (κ1) is 7.92. The molecule has 0 saturated heterocycles. The van der Waals surface area contributed by atoms with Gasteiger partial charge >= 0.3 is 0 Å². The Morgan fingerprint density at radius 1 is 1.43 bits per heavy atom. The van der Waals surface area contributed by atoms with Crippen LogP contribution in [0, 0.1) is 0 Å². The van der Waals surface area contributed by atoms with Gasteiger partial charge in [0.1, 0.15) is 5.01 Å². The summed E-state index contributed by atoms with van der Waals surface area (Å²) in [5.41, 5.74) is 0. The Morgan fingerprint density at radius 3 is 1.86 bits per heavy atom. The summed E-state index contributed by atoms with van der Waals surface area (Å²) in [6, 6.07) is 0. The fourth-order valence-electron chi connectivity index (χ4n) is 0.188. The Morgan fingerprint density at radius 2 is 1.86 bits per heavy atom. The molecular formula is C4H8Br2O. The first-order valence-electron chi connectivity index (χ1n) is 1.99. The third-order valence-electron chi connectivity index (χ3n) is 0.586. The summed E-state index contributed by atoms with van der Waals surface area (Å²) >= 11 is 6.60. The molecule has 2 unspecified atom stereocenters. The van der Waals surface area contributed by atoms with E-state index in [4.69, 9.17) is 4.74 Å². The van der Waals surface area contributed by atoms with E-state index in [1.54, 1.807) is 7.11 Å². The van der Waals surface area contributed by atoms with E-state index in [1.165, 1.54) is 0 Å². The van der Waals surface area contributed by atoms with Crippen molar-refractivity contribution in [1.82, 2.24) is 0 Å². The van der Waals surface area contributed by atoms with E-state index in [-0.39, 0.29) is 5.01 Å². The molecule has 0 amide bonds. The van der Waals surface area contributed by atoms with Crippen molar-refractivity contribution in [2.24, 2.45) is 0 Å². The van der Waals surface area contributed by atoms with Gasteiger partial charge in [-0.1, -0.05) is 31.9 Å². The molecule has 1 nitrogen and oxygen atoms in total. The molecule has 2 atom stereocenters. The molecule has 0 aliphatic heterocycles. The first-order chi connectivity index (χ1) is 3.18. The van der Waals surface area contributed by atoms with Crippen LogP contribution in [0.4, 0.5) is 0 Å². The Balaban J connectivity index is 3.14. The molecular weight excluding hydrogens is 224 g/mol. The summed E-state index contributed by atoms with van der Waals surface area (Å²) < 4.78 is 4.88. The van der Waals surface area contributed by atoms with Crippen molar-refractivity contribution >= 4 is 31.9 Å². The van der Waals surface area contributed by atoms with Crippen LogP contribution in [0.5, 0.6) is 0 Å². The second-order valence-corrected chi connectivity index (χ2v) is 3.61. The number of methoxy groups -OCH3 is 1. The maximum Gasteiger partial charge on any atom is 0.124 e. The molecule has 0 aliphatic rings. The second kappa shape index (κ2) is 3.87. The van der Waals surface area contributed by atoms with Crippen LogP contribution in [0.3, 0.4) is 0 Å². The van der Waals surface area contributed by atoms with E-state index in [9.17, 15) is 0 Å². The Hall–Kier alpha value is 0.920. The van der Waals surface area contributed by atoms with Crippen LogP contribution in [0.1, 0.15) is 6.92 Å². The molecule has 0 radical (unpaired) electrons. The third kappa shape index (κ3) is 3.50. The van der Waals surface area contributed by atoms with Gasteiger partial charge in [0.2, 0.25) is 0 Å². The molecule has 0 aliphatic carbocycles. The van der Waals surface area contributed by atoms with Gasteiger partial charge in [-0.3, -0.25) is 0 Å². The van der Waals surface area contributed by atoms with Crippen molar-refractivity contribution in [2.45, 2.75) is 16.8 Å². The fraction of sp³-hybridized carbons (Fsp3) is 1.00. The van der Waals surface area contributed by atoms with Crippen molar-refractivity contribution in [2.75, 3.05) is 7.11 Å². The van der Waals surface area contributed by atoms with Gasteiger partial charge in [0, 0.05) is 11.9 Å². The lowest BCUT2D eigenvalue weighted by molar-refractivity contribution is 0.181. The minimum absolute atomic E-state index is 0.132. The lowest BCUT2D eigenvalue weighted by atomic mass is 10.5. The first-order valence-corrected chi connectivity index (χ1v) is 3.82. The number of hydrogen-bond donors (Lipinski definition) is 0. The predicted molar refractivity (Wildman–Crippen MR) is 38.1 cm³/mol. The quantitative estimate of drug-likeness (QED) is 0.662. The highest BCUT2D eigenvalue weighted by Crippen LogP contribution is 2.12. The summed E-state index contributed by atoms with van der Waals surface area (Å²) in [6.07, 6.45) is 0. The average Bonchev–Trinajstić information content (AvgIpc) is 1.65. The number of rotatable bonds is 2. The lowest BCUT2D eigenvalue weighted by Gasteiger charge is -2.07. The fourth-order valence-corrected chi connectivity index (χ4v) is 0.403. The molecule has 0 bridgehead atoms. The van der Waals surface area contributed by atoms with Crippen molar-refractivity contribution in [1.29, 1.82) is 0 Å². The molecule has 0 fully saturated rings. The van der Waals surface area contributed by atoms with Gasteiger partial charge in [-0.15, -0.1) is 0 Å². The Labute approximate surface area is 60.7 Å². The molecule has 7 heavy (non-hydrogen) atoms. The molecule has 0 aromatic rings. The van der Waals surface area contributed by atoms with E-state index < -0.39 is 0 Å². The highest BCUT2D eigenvalue weighted by Gasteiger charge is 2.06. The van der Waals surface area contributed by atoms with Crippen LogP contribution < -0.4 is 0 Å². The van der Waals surface area contributed by atoms with Crippen molar-refractivity contribution in [3.8, 4) is 0 Å². The van der Waals surface area contributed by atoms with E-state index in [2.05, 4.69) is 31.9 Å². The standard InChI is InChI=1S/C4H8Br2O/c1-3(5)4(6)7-2/h3-4H,1-2H3. The van der Waals surface area contributed by atoms with Crippen LogP contribution >= 0.6 is 31.9 Å². The molecule has 0 rings (SSSR count). The molecule has 0 spiro atoms. The number of alkyl halides is 2. The minimum atomic E-state index is 0.132. The Bertz CT molecular complexity index is 47.0. The molecule has 3 heteroatoms. The smallest absolute Gasteiger partial charge is 0.124 e. The normalized spacial score (nSPS) is 18.9. The van der Waals surface area contributed by atoms with E-state index >= 15 is 0 Å². The molecule has 0 aromatic carbocycles. The molecule has 44 valence electrons. The minimum Gasteiger partial charge on any atom is -0.369 e. The molecule has 0 N–H and O–H groups in total. The molecule has 0 saturated carbocycles. The van der Waals surface area contributed by atoms with Gasteiger partial charge in [-0.2, -0.15) is 0 Å². The highest BCUT2D eigenvalue weighted by atomic mass is 79.9. The van der Waals surface area contributed by atoms with Crippen LogP contribution in [0.25, 0.3) is 0 Å². The number of hydrogen-bond acceptors (Lipinski definition) is 1. The highest BCUT2D eigenvalue weighted by molar-refractivity contribution is 9.12. The van der Waals surface area contributed by atoms with Crippen molar-refractivity contribution in [3.05, 3.63) is 0 Å². The number of halogens is 2. The second-order valence-electron chi connectivity index (χ2n) is 1.26. The zero-order chi connectivity index (χ0) is 5.86. The maximum atomic E-state index is 4.88. The van der Waals surface area contributed by atoms with Gasteiger partial charge in [0.05, 0.1) is 0 Å². The van der Waals surface area contributed by atoms with Crippen LogP contribution in [0.2, 0.25) is 0 Å². The summed E-state index contributed by atoms with van der Waals surface area (Å²) in [4.78, 5) is 0.373. The zero-order valence-corrected chi connectivity index (χ0v) is 7.49. The maximum absolute atomic E-state index is 4.88. The predicted octanol–water partition coefficient (Wildman–Crippen LogP) is 2.14. The number of ether oxygens (including phenoxy) is 1. The van der Waals surface area contributed by atoms with E-state index in [0.717, 1.165) is 0 Å². The summed E-state index contributed by atoms with van der Waals surface area (Å²) in [6.45, 7) is 2.02. The van der Waals surface area contributed by atoms with Crippen LogP contribution in [-0.2, 0) is 4.74 Å². The molecule has 0 aromatic heterocycles. The zero-order valence-electron chi connectivity index (χ0n) is 4.32.